The lowest BCUT2D eigenvalue weighted by Crippen LogP contribution is -2.66. The van der Waals surface area contributed by atoms with Gasteiger partial charge in [0, 0.05) is 39.8 Å². The van der Waals surface area contributed by atoms with E-state index in [9.17, 15) is 28.8 Å². The fourth-order valence-electron chi connectivity index (χ4n) is 6.31. The number of hydrogen-bond acceptors (Lipinski definition) is 12. The van der Waals surface area contributed by atoms with Crippen molar-refractivity contribution in [1.29, 1.82) is 0 Å². The van der Waals surface area contributed by atoms with Crippen LogP contribution < -0.4 is 10.6 Å². The van der Waals surface area contributed by atoms with Gasteiger partial charge < -0.3 is 44.2 Å². The van der Waals surface area contributed by atoms with Crippen molar-refractivity contribution in [3.05, 3.63) is 59.7 Å². The van der Waals surface area contributed by atoms with Crippen LogP contribution >= 0.6 is 0 Å². The summed E-state index contributed by atoms with van der Waals surface area (Å²) >= 11 is 0. The molecule has 2 aromatic carbocycles. The van der Waals surface area contributed by atoms with E-state index in [1.807, 2.05) is 24.3 Å². The van der Waals surface area contributed by atoms with Crippen molar-refractivity contribution in [1.82, 2.24) is 10.6 Å². The molecule has 2 amide bonds. The summed E-state index contributed by atoms with van der Waals surface area (Å²) in [6.45, 7) is 3.86. The molecule has 0 aromatic heterocycles. The number of ether oxygens (including phenoxy) is 6. The topological polar surface area (TPSA) is 202 Å². The monoisotopic (exact) mass is 726 g/mol. The van der Waals surface area contributed by atoms with E-state index in [0.29, 0.717) is 19.4 Å². The van der Waals surface area contributed by atoms with Gasteiger partial charge in [-0.05, 0) is 35.1 Å². The third-order valence-electron chi connectivity index (χ3n) is 8.54. The molecule has 2 aromatic rings. The second-order valence-electron chi connectivity index (χ2n) is 12.5. The first-order chi connectivity index (χ1) is 24.9. The largest absolute Gasteiger partial charge is 0.481 e. The molecule has 0 radical (unpaired) electrons. The number of aliphatic carboxylic acids is 1. The van der Waals surface area contributed by atoms with Crippen LogP contribution in [0.4, 0.5) is 4.79 Å². The molecule has 2 aliphatic rings. The molecular weight excluding hydrogens is 680 g/mol. The van der Waals surface area contributed by atoms with Gasteiger partial charge in [0.25, 0.3) is 0 Å². The Labute approximate surface area is 301 Å². The van der Waals surface area contributed by atoms with E-state index in [1.54, 1.807) is 0 Å². The molecule has 15 heteroatoms. The number of carbonyl (C=O) groups excluding carboxylic acids is 5. The zero-order valence-electron chi connectivity index (χ0n) is 29.5. The second-order valence-corrected chi connectivity index (χ2v) is 12.5. The highest BCUT2D eigenvalue weighted by Gasteiger charge is 2.51. The van der Waals surface area contributed by atoms with Crippen molar-refractivity contribution >= 4 is 35.9 Å². The Morgan fingerprint density at radius 2 is 1.37 bits per heavy atom. The Hall–Kier alpha value is -5.02. The number of carboxylic acids is 1. The summed E-state index contributed by atoms with van der Waals surface area (Å²) in [5.41, 5.74) is 4.59. The minimum absolute atomic E-state index is 0.0255. The molecule has 0 spiro atoms. The Bertz CT molecular complexity index is 1530. The first-order valence-electron chi connectivity index (χ1n) is 17.3. The zero-order valence-corrected chi connectivity index (χ0v) is 29.5. The van der Waals surface area contributed by atoms with Gasteiger partial charge in [-0.25, -0.2) is 4.79 Å². The van der Waals surface area contributed by atoms with Gasteiger partial charge in [-0.1, -0.05) is 61.4 Å². The molecule has 3 N–H and O–H groups in total. The highest BCUT2D eigenvalue weighted by molar-refractivity contribution is 5.79. The van der Waals surface area contributed by atoms with Crippen molar-refractivity contribution in [3.8, 4) is 11.1 Å². The summed E-state index contributed by atoms with van der Waals surface area (Å²) in [6, 6.07) is 15.2. The number of unbranched alkanes of at least 4 members (excludes halogenated alkanes) is 3. The summed E-state index contributed by atoms with van der Waals surface area (Å²) in [5, 5.41) is 14.3. The Balaban J connectivity index is 1.24. The maximum absolute atomic E-state index is 12.5. The van der Waals surface area contributed by atoms with Crippen molar-refractivity contribution in [2.24, 2.45) is 0 Å². The zero-order chi connectivity index (χ0) is 37.6. The molecule has 1 aliphatic heterocycles. The van der Waals surface area contributed by atoms with E-state index in [-0.39, 0.29) is 19.1 Å². The summed E-state index contributed by atoms with van der Waals surface area (Å²) in [4.78, 5) is 71.7. The number of carbonyl (C=O) groups is 6. The molecule has 4 rings (SSSR count). The number of alkyl carbamates (subject to hydrolysis) is 1. The van der Waals surface area contributed by atoms with E-state index >= 15 is 0 Å². The normalized spacial score (nSPS) is 20.5. The minimum atomic E-state index is -1.30. The highest BCUT2D eigenvalue weighted by atomic mass is 16.7. The van der Waals surface area contributed by atoms with Crippen LogP contribution in [0.1, 0.15) is 76.3 Å². The van der Waals surface area contributed by atoms with Gasteiger partial charge in [-0.15, -0.1) is 0 Å². The van der Waals surface area contributed by atoms with Crippen molar-refractivity contribution < 1.29 is 62.3 Å². The smallest absolute Gasteiger partial charge is 0.407 e. The molecule has 1 heterocycles. The summed E-state index contributed by atoms with van der Waals surface area (Å²) in [7, 11) is 0. The lowest BCUT2D eigenvalue weighted by Gasteiger charge is -2.45. The van der Waals surface area contributed by atoms with Crippen molar-refractivity contribution in [3.63, 3.8) is 0 Å². The summed E-state index contributed by atoms with van der Waals surface area (Å²) < 4.78 is 33.6. The van der Waals surface area contributed by atoms with Gasteiger partial charge in [-0.3, -0.25) is 24.0 Å². The molecule has 1 aliphatic carbocycles. The molecule has 0 saturated carbocycles. The SMILES string of the molecule is CC(=O)N[C@H]1[C@H](OCCCCCCNC(=O)OCC2c3ccccc3-c3ccccc32)O[C@H](COC(=O)CCC(=O)O)[C@H](OC(C)=O)[C@@H]1OC(C)=O. The Morgan fingerprint density at radius 1 is 0.750 bits per heavy atom. The molecule has 5 atom stereocenters. The molecular formula is C37H46N2O13. The summed E-state index contributed by atoms with van der Waals surface area (Å²) in [6.07, 6.45) is -3.54. The van der Waals surface area contributed by atoms with Gasteiger partial charge in [0.15, 0.2) is 18.5 Å². The number of fused-ring (bicyclic) bond motifs is 3. The van der Waals surface area contributed by atoms with Crippen LogP contribution in [0.2, 0.25) is 0 Å². The number of amides is 2. The molecule has 0 unspecified atom stereocenters. The molecule has 15 nitrogen and oxygen atoms in total. The lowest BCUT2D eigenvalue weighted by atomic mass is 9.96. The quantitative estimate of drug-likeness (QED) is 0.114. The van der Waals surface area contributed by atoms with Crippen LogP contribution in [-0.4, -0.2) is 98.0 Å². The Kier molecular flexibility index (Phi) is 14.9. The lowest BCUT2D eigenvalue weighted by molar-refractivity contribution is -0.278. The molecule has 1 saturated heterocycles. The Morgan fingerprint density at radius 3 is 1.98 bits per heavy atom. The standard InChI is InChI=1S/C37H46N2O13/c1-22(40)39-33-35(51-24(3)42)34(50-23(2)41)30(21-48-32(45)17-16-31(43)44)52-36(33)47-19-11-5-4-10-18-38-37(46)49-20-29-27-14-8-6-12-25(27)26-13-7-9-15-28(26)29/h6-9,12-15,29-30,33-36H,4-5,10-11,16-21H2,1-3H3,(H,38,46)(H,39,40)(H,43,44)/t30-,33-,34+,35-,36-/m1/s1. The van der Waals surface area contributed by atoms with Gasteiger partial charge in [0.2, 0.25) is 5.91 Å². The number of benzene rings is 2. The van der Waals surface area contributed by atoms with Gasteiger partial charge in [0.05, 0.1) is 12.8 Å². The van der Waals surface area contributed by atoms with Crippen LogP contribution in [0, 0.1) is 0 Å². The van der Waals surface area contributed by atoms with E-state index in [4.69, 9.17) is 33.5 Å². The molecule has 0 bridgehead atoms. The average Bonchev–Trinajstić information content (AvgIpc) is 3.41. The first kappa shape index (κ1) is 39.8. The van der Waals surface area contributed by atoms with E-state index in [1.165, 1.54) is 6.92 Å². The predicted molar refractivity (Wildman–Crippen MR) is 183 cm³/mol. The van der Waals surface area contributed by atoms with Crippen LogP contribution in [0.5, 0.6) is 0 Å². The first-order valence-corrected chi connectivity index (χ1v) is 17.3. The fraction of sp³-hybridized carbons (Fsp3) is 0.514. The summed E-state index contributed by atoms with van der Waals surface area (Å²) in [5.74, 6) is -4.02. The number of hydrogen-bond donors (Lipinski definition) is 3. The molecule has 52 heavy (non-hydrogen) atoms. The molecule has 282 valence electrons. The molecule has 1 fully saturated rings. The maximum Gasteiger partial charge on any atom is 0.407 e. The van der Waals surface area contributed by atoms with Gasteiger partial charge in [0.1, 0.15) is 25.4 Å². The van der Waals surface area contributed by atoms with E-state index < -0.39 is 86.0 Å². The minimum Gasteiger partial charge on any atom is -0.481 e. The number of rotatable bonds is 18. The van der Waals surface area contributed by atoms with Gasteiger partial charge >= 0.3 is 30.0 Å². The third-order valence-corrected chi connectivity index (χ3v) is 8.54. The van der Waals surface area contributed by atoms with Crippen LogP contribution in [0.25, 0.3) is 11.1 Å². The fourth-order valence-corrected chi connectivity index (χ4v) is 6.31. The van der Waals surface area contributed by atoms with Crippen LogP contribution in [0.15, 0.2) is 48.5 Å². The van der Waals surface area contributed by atoms with Crippen molar-refractivity contribution in [2.75, 3.05) is 26.4 Å². The van der Waals surface area contributed by atoms with Crippen LogP contribution in [-0.2, 0) is 52.4 Å². The number of nitrogens with one attached hydrogen (secondary N) is 2. The van der Waals surface area contributed by atoms with Crippen molar-refractivity contribution in [2.45, 2.75) is 95.9 Å². The predicted octanol–water partition coefficient (Wildman–Crippen LogP) is 3.60. The van der Waals surface area contributed by atoms with E-state index in [2.05, 4.69) is 34.9 Å². The van der Waals surface area contributed by atoms with Crippen LogP contribution in [0.3, 0.4) is 0 Å². The highest BCUT2D eigenvalue weighted by Crippen LogP contribution is 2.44. The average molecular weight is 727 g/mol. The maximum atomic E-state index is 12.5. The van der Waals surface area contributed by atoms with Gasteiger partial charge in [-0.2, -0.15) is 0 Å². The van der Waals surface area contributed by atoms with E-state index in [0.717, 1.165) is 48.9 Å². The third kappa shape index (κ3) is 11.5. The number of esters is 3. The number of carboxylic acid groups (broad SMARTS) is 1. The second kappa shape index (κ2) is 19.6.